The fraction of sp³-hybridized carbons (Fsp3) is 0.474. The number of hydrogen-bond acceptors (Lipinski definition) is 7. The molecule has 1 aromatic rings. The van der Waals surface area contributed by atoms with Crippen LogP contribution in [0.3, 0.4) is 0 Å². The number of rotatable bonds is 7. The Morgan fingerprint density at radius 2 is 2.04 bits per heavy atom. The lowest BCUT2D eigenvalue weighted by Crippen LogP contribution is -2.33. The Bertz CT molecular complexity index is 766. The maximum absolute atomic E-state index is 12.0. The van der Waals surface area contributed by atoms with Gasteiger partial charge in [-0.15, -0.1) is 0 Å². The Labute approximate surface area is 163 Å². The average molecular weight is 391 g/mol. The number of ether oxygens (including phenoxy) is 2. The van der Waals surface area contributed by atoms with Crippen LogP contribution in [-0.4, -0.2) is 51.0 Å². The quantitative estimate of drug-likeness (QED) is 0.692. The second kappa shape index (κ2) is 8.67. The van der Waals surface area contributed by atoms with Crippen molar-refractivity contribution < 1.29 is 19.1 Å². The summed E-state index contributed by atoms with van der Waals surface area (Å²) < 4.78 is 10.9. The molecule has 0 spiro atoms. The van der Waals surface area contributed by atoms with Crippen molar-refractivity contribution >= 4 is 34.7 Å². The molecule has 8 heteroatoms. The number of imide groups is 1. The van der Waals surface area contributed by atoms with Crippen LogP contribution in [0.2, 0.25) is 0 Å². The van der Waals surface area contributed by atoms with Crippen molar-refractivity contribution in [1.29, 1.82) is 0 Å². The Morgan fingerprint density at radius 3 is 2.67 bits per heavy atom. The molecule has 2 saturated heterocycles. The molecule has 2 fully saturated rings. The molecule has 2 aliphatic rings. The van der Waals surface area contributed by atoms with E-state index in [0.717, 1.165) is 55.5 Å². The SMILES string of the molecule is CCCNC1CCN(c2cc(OC)c(OC)cc2/C=C2\SC(=O)NC2=O)C1. The molecule has 2 aliphatic heterocycles. The van der Waals surface area contributed by atoms with Crippen LogP contribution in [0.1, 0.15) is 25.3 Å². The Hall–Kier alpha value is -2.19. The standard InChI is InChI=1S/C19H25N3O4S/c1-4-6-20-13-5-7-22(11-13)14-10-16(26-3)15(25-2)8-12(14)9-17-18(23)21-19(24)27-17/h8-10,13,20H,4-7,11H2,1-3H3,(H,21,23,24)/b17-9-. The highest BCUT2D eigenvalue weighted by molar-refractivity contribution is 8.18. The van der Waals surface area contributed by atoms with Crippen molar-refractivity contribution in [2.75, 3.05) is 38.8 Å². The zero-order chi connectivity index (χ0) is 19.4. The monoisotopic (exact) mass is 391 g/mol. The van der Waals surface area contributed by atoms with Crippen molar-refractivity contribution in [3.05, 3.63) is 22.6 Å². The Balaban J connectivity index is 1.95. The number of nitrogens with one attached hydrogen (secondary N) is 2. The second-order valence-corrected chi connectivity index (χ2v) is 7.52. The molecule has 3 rings (SSSR count). The largest absolute Gasteiger partial charge is 0.493 e. The van der Waals surface area contributed by atoms with Gasteiger partial charge in [0.15, 0.2) is 11.5 Å². The number of hydrogen-bond donors (Lipinski definition) is 2. The smallest absolute Gasteiger partial charge is 0.290 e. The minimum absolute atomic E-state index is 0.349. The molecule has 2 amide bonds. The van der Waals surface area contributed by atoms with E-state index >= 15 is 0 Å². The van der Waals surface area contributed by atoms with Gasteiger partial charge in [-0.2, -0.15) is 0 Å². The first-order valence-electron chi connectivity index (χ1n) is 9.05. The topological polar surface area (TPSA) is 79.9 Å². The van der Waals surface area contributed by atoms with Gasteiger partial charge in [-0.05, 0) is 43.3 Å². The van der Waals surface area contributed by atoms with Gasteiger partial charge in [-0.3, -0.25) is 14.9 Å². The van der Waals surface area contributed by atoms with Crippen molar-refractivity contribution in [3.63, 3.8) is 0 Å². The minimum Gasteiger partial charge on any atom is -0.493 e. The average Bonchev–Trinajstić information content (AvgIpc) is 3.25. The van der Waals surface area contributed by atoms with E-state index in [1.54, 1.807) is 20.3 Å². The van der Waals surface area contributed by atoms with Crippen LogP contribution in [0.4, 0.5) is 10.5 Å². The molecule has 7 nitrogen and oxygen atoms in total. The summed E-state index contributed by atoms with van der Waals surface area (Å²) in [5, 5.41) is 5.51. The van der Waals surface area contributed by atoms with Crippen molar-refractivity contribution in [3.8, 4) is 11.5 Å². The molecule has 0 bridgehead atoms. The van der Waals surface area contributed by atoms with Gasteiger partial charge in [0.2, 0.25) is 0 Å². The van der Waals surface area contributed by atoms with Crippen molar-refractivity contribution in [1.82, 2.24) is 10.6 Å². The first kappa shape index (κ1) is 19.6. The van der Waals surface area contributed by atoms with E-state index in [2.05, 4.69) is 22.5 Å². The van der Waals surface area contributed by atoms with Crippen LogP contribution in [0, 0.1) is 0 Å². The summed E-state index contributed by atoms with van der Waals surface area (Å²) in [6.07, 6.45) is 3.90. The predicted octanol–water partition coefficient (Wildman–Crippen LogP) is 2.61. The molecule has 1 aromatic carbocycles. The van der Waals surface area contributed by atoms with Gasteiger partial charge < -0.3 is 19.7 Å². The maximum Gasteiger partial charge on any atom is 0.290 e. The third kappa shape index (κ3) is 4.39. The van der Waals surface area contributed by atoms with Gasteiger partial charge in [0.05, 0.1) is 19.1 Å². The van der Waals surface area contributed by atoms with E-state index in [1.807, 2.05) is 12.1 Å². The summed E-state index contributed by atoms with van der Waals surface area (Å²) in [5.74, 6) is 0.858. The van der Waals surface area contributed by atoms with Gasteiger partial charge in [-0.25, -0.2) is 0 Å². The summed E-state index contributed by atoms with van der Waals surface area (Å²) in [6.45, 7) is 4.94. The summed E-state index contributed by atoms with van der Waals surface area (Å²) in [5.41, 5.74) is 1.80. The summed E-state index contributed by atoms with van der Waals surface area (Å²) in [7, 11) is 3.18. The van der Waals surface area contributed by atoms with Crippen LogP contribution in [0.5, 0.6) is 11.5 Å². The molecule has 146 valence electrons. The Morgan fingerprint density at radius 1 is 1.30 bits per heavy atom. The normalized spacial score (nSPS) is 21.1. The van der Waals surface area contributed by atoms with Gasteiger partial charge in [0.25, 0.3) is 11.1 Å². The van der Waals surface area contributed by atoms with E-state index in [1.165, 1.54) is 0 Å². The molecule has 1 atom stereocenters. The van der Waals surface area contributed by atoms with Crippen LogP contribution >= 0.6 is 11.8 Å². The summed E-state index contributed by atoms with van der Waals surface area (Å²) in [6, 6.07) is 4.22. The molecule has 2 N–H and O–H groups in total. The van der Waals surface area contributed by atoms with Gasteiger partial charge >= 0.3 is 0 Å². The number of carbonyl (C=O) groups excluding carboxylic acids is 2. The molecule has 0 radical (unpaired) electrons. The fourth-order valence-electron chi connectivity index (χ4n) is 3.33. The van der Waals surface area contributed by atoms with E-state index in [-0.39, 0.29) is 11.1 Å². The van der Waals surface area contributed by atoms with Crippen LogP contribution in [-0.2, 0) is 4.79 Å². The Kier molecular flexibility index (Phi) is 6.28. The van der Waals surface area contributed by atoms with Gasteiger partial charge in [0.1, 0.15) is 0 Å². The van der Waals surface area contributed by atoms with Gasteiger partial charge in [-0.1, -0.05) is 6.92 Å². The number of methoxy groups -OCH3 is 2. The van der Waals surface area contributed by atoms with Crippen molar-refractivity contribution in [2.45, 2.75) is 25.8 Å². The predicted molar refractivity (Wildman–Crippen MR) is 108 cm³/mol. The zero-order valence-electron chi connectivity index (χ0n) is 15.8. The highest BCUT2D eigenvalue weighted by Gasteiger charge is 2.28. The highest BCUT2D eigenvalue weighted by atomic mass is 32.2. The van der Waals surface area contributed by atoms with Crippen LogP contribution in [0.15, 0.2) is 17.0 Å². The lowest BCUT2D eigenvalue weighted by Gasteiger charge is -2.23. The van der Waals surface area contributed by atoms with Crippen LogP contribution < -0.4 is 25.0 Å². The number of anilines is 1. The number of amides is 2. The van der Waals surface area contributed by atoms with Crippen LogP contribution in [0.25, 0.3) is 6.08 Å². The molecule has 0 saturated carbocycles. The van der Waals surface area contributed by atoms with E-state index < -0.39 is 0 Å². The first-order chi connectivity index (χ1) is 13.0. The maximum atomic E-state index is 12.0. The summed E-state index contributed by atoms with van der Waals surface area (Å²) in [4.78, 5) is 26.1. The molecule has 2 heterocycles. The lowest BCUT2D eigenvalue weighted by atomic mass is 10.1. The number of nitrogens with zero attached hydrogens (tertiary/aromatic N) is 1. The second-order valence-electron chi connectivity index (χ2n) is 6.50. The number of benzene rings is 1. The fourth-order valence-corrected chi connectivity index (χ4v) is 4.00. The van der Waals surface area contributed by atoms with E-state index in [0.29, 0.717) is 22.4 Å². The first-order valence-corrected chi connectivity index (χ1v) is 9.86. The van der Waals surface area contributed by atoms with E-state index in [4.69, 9.17) is 9.47 Å². The van der Waals surface area contributed by atoms with E-state index in [9.17, 15) is 9.59 Å². The third-order valence-corrected chi connectivity index (χ3v) is 5.48. The lowest BCUT2D eigenvalue weighted by molar-refractivity contribution is -0.115. The molecular weight excluding hydrogens is 366 g/mol. The van der Waals surface area contributed by atoms with Crippen molar-refractivity contribution in [2.24, 2.45) is 0 Å². The summed E-state index contributed by atoms with van der Waals surface area (Å²) >= 11 is 0.913. The molecule has 1 unspecified atom stereocenters. The molecular formula is C19H25N3O4S. The molecule has 0 aliphatic carbocycles. The number of carbonyl (C=O) groups is 2. The zero-order valence-corrected chi connectivity index (χ0v) is 16.6. The number of thioether (sulfide) groups is 1. The molecule has 27 heavy (non-hydrogen) atoms. The third-order valence-electron chi connectivity index (χ3n) is 4.67. The highest BCUT2D eigenvalue weighted by Crippen LogP contribution is 2.39. The van der Waals surface area contributed by atoms with Gasteiger partial charge in [0, 0.05) is 36.4 Å². The minimum atomic E-state index is -0.366. The molecule has 0 aromatic heterocycles.